The van der Waals surface area contributed by atoms with Crippen LogP contribution in [-0.2, 0) is 68.0 Å². The number of Topliss-reactive ketones (excluding diaryl/α,β-unsaturated/α-hetero) is 2. The summed E-state index contributed by atoms with van der Waals surface area (Å²) in [6.07, 6.45) is 1.61. The number of carbonyl (C=O) groups excluding carboxylic acids is 2. The molecule has 0 atom stereocenters. The molecule has 142 valence electrons. The van der Waals surface area contributed by atoms with Crippen molar-refractivity contribution < 1.29 is 77.9 Å². The van der Waals surface area contributed by atoms with E-state index in [9.17, 15) is 9.59 Å². The van der Waals surface area contributed by atoms with Crippen LogP contribution < -0.4 is 0 Å². The summed E-state index contributed by atoms with van der Waals surface area (Å²) in [5.74, 6) is 0.505. The molecule has 0 saturated heterocycles. The number of hydrogen-bond acceptors (Lipinski definition) is 3. The van der Waals surface area contributed by atoms with Gasteiger partial charge in [-0.1, -0.05) is 53.7 Å². The summed E-state index contributed by atoms with van der Waals surface area (Å²) >= 11 is 0. The summed E-state index contributed by atoms with van der Waals surface area (Å²) < 4.78 is 6.83. The average molecular weight is 860 g/mol. The standard InChI is InChI=1S/C11H14O2.C7H13O.CH3.3W/c1-11(2,3)10(13)8-6-4-5-7-9(8)12;1-5-6(8)7(2,3)4;;;;/h4-7,12H,1-3H3;5H,1-4H3;1H3;;;/q;2*-1;;;+2/i/hT. The van der Waals surface area contributed by atoms with Crippen LogP contribution in [0.5, 0.6) is 5.75 Å². The van der Waals surface area contributed by atoms with E-state index >= 15 is 0 Å². The Balaban J connectivity index is -0.000000109. The van der Waals surface area contributed by atoms with Crippen LogP contribution in [0, 0.1) is 24.7 Å². The number of ketones is 2. The quantitative estimate of drug-likeness (QED) is 0.349. The van der Waals surface area contributed by atoms with E-state index in [4.69, 9.17) is 1.43 Å². The van der Waals surface area contributed by atoms with Crippen LogP contribution in [0.25, 0.3) is 0 Å². The first-order chi connectivity index (χ1) is 9.95. The first kappa shape index (κ1) is 32.9. The van der Waals surface area contributed by atoms with Crippen molar-refractivity contribution >= 4 is 11.6 Å². The molecule has 0 aromatic heterocycles. The van der Waals surface area contributed by atoms with E-state index < -0.39 is 5.41 Å². The Bertz CT molecular complexity index is 521. The van der Waals surface area contributed by atoms with Crippen LogP contribution in [0.15, 0.2) is 24.3 Å². The van der Waals surface area contributed by atoms with Crippen molar-refractivity contribution in [2.45, 2.75) is 48.5 Å². The van der Waals surface area contributed by atoms with E-state index in [2.05, 4.69) is 5.11 Å². The molecule has 0 fully saturated rings. The number of phenolic OH excluding ortho intramolecular Hbond substituents is 1. The van der Waals surface area contributed by atoms with Gasteiger partial charge in [-0.15, -0.1) is 0 Å². The second kappa shape index (κ2) is 15.4. The van der Waals surface area contributed by atoms with E-state index in [0.29, 0.717) is 11.3 Å². The number of carbonyl (C=O) groups is 2. The summed E-state index contributed by atoms with van der Waals surface area (Å²) in [6.45, 7) is 13.0. The number of para-hydroxylation sites is 1. The minimum Gasteiger partial charge on any atom is -0.507 e. The SMILES string of the molecule is C[CH-]C(=O)C(C)(C)C.[3H]Oc1ccccc1C(=O)C(C)(C)C.[CH3-].[W+2].[W].[W]. The van der Waals surface area contributed by atoms with Crippen molar-refractivity contribution in [1.82, 2.24) is 0 Å². The van der Waals surface area contributed by atoms with E-state index in [1.54, 1.807) is 37.6 Å². The zero-order chi connectivity index (χ0) is 17.6. The topological polar surface area (TPSA) is 54.4 Å². The maximum atomic E-state index is 11.9. The third kappa shape index (κ3) is 14.1. The molecule has 0 amide bonds. The third-order valence-corrected chi connectivity index (χ3v) is 2.81. The number of phenols is 1. The number of aromatic hydroxyl groups is 1. The fourth-order valence-corrected chi connectivity index (χ4v) is 1.49. The van der Waals surface area contributed by atoms with Crippen molar-refractivity contribution in [3.8, 4) is 5.75 Å². The molecule has 25 heavy (non-hydrogen) atoms. The maximum Gasteiger partial charge on any atom is 2.00 e. The summed E-state index contributed by atoms with van der Waals surface area (Å²) in [7, 11) is 0. The van der Waals surface area contributed by atoms with Gasteiger partial charge in [0.1, 0.15) is 5.75 Å². The molecular formula is C19H30O3W3. The van der Waals surface area contributed by atoms with Gasteiger partial charge in [-0.05, 0) is 17.5 Å². The number of benzene rings is 1. The molecule has 0 aliphatic heterocycles. The fraction of sp³-hybridized carbons (Fsp3) is 0.474. The van der Waals surface area contributed by atoms with Crippen LogP contribution in [0.4, 0.5) is 0 Å². The normalized spacial score (nSPS) is 9.80. The summed E-state index contributed by atoms with van der Waals surface area (Å²) in [5, 5.41) is 4.39. The molecule has 0 saturated carbocycles. The van der Waals surface area contributed by atoms with Crippen LogP contribution in [0.3, 0.4) is 0 Å². The molecule has 0 aliphatic rings. The Morgan fingerprint density at radius 3 is 1.72 bits per heavy atom. The number of rotatable bonds is 3. The minimum absolute atomic E-state index is 0. The van der Waals surface area contributed by atoms with Crippen molar-refractivity contribution in [3.05, 3.63) is 43.7 Å². The average Bonchev–Trinajstić information content (AvgIpc) is 2.44. The van der Waals surface area contributed by atoms with Gasteiger partial charge in [0, 0.05) is 53.3 Å². The van der Waals surface area contributed by atoms with E-state index in [1.807, 2.05) is 41.5 Å². The molecule has 1 rings (SSSR count). The second-order valence-corrected chi connectivity index (χ2v) is 6.98. The molecule has 0 unspecified atom stereocenters. The Labute approximate surface area is 198 Å². The van der Waals surface area contributed by atoms with Crippen LogP contribution in [0.1, 0.15) is 58.8 Å². The molecule has 0 bridgehead atoms. The Morgan fingerprint density at radius 2 is 1.44 bits per heavy atom. The van der Waals surface area contributed by atoms with Crippen molar-refractivity contribution in [2.75, 3.05) is 0 Å². The van der Waals surface area contributed by atoms with Gasteiger partial charge in [0.05, 0.1) is 5.56 Å². The molecule has 3 nitrogen and oxygen atoms in total. The van der Waals surface area contributed by atoms with Gasteiger partial charge < -0.3 is 23.8 Å². The Kier molecular flexibility index (Phi) is 20.2. The molecule has 0 radical (unpaired) electrons. The molecule has 1 aromatic carbocycles. The molecular weight excluding hydrogens is 828 g/mol. The zero-order valence-corrected chi connectivity index (χ0v) is 25.1. The smallest absolute Gasteiger partial charge is 0.507 e. The first-order valence-electron chi connectivity index (χ1n) is 7.46. The van der Waals surface area contributed by atoms with Crippen molar-refractivity contribution in [1.29, 1.82) is 1.43 Å². The van der Waals surface area contributed by atoms with E-state index in [-0.39, 0.29) is 87.6 Å². The molecule has 6 heteroatoms. The first-order valence-corrected chi connectivity index (χ1v) is 7.06. The molecule has 0 heterocycles. The largest absolute Gasteiger partial charge is 2.00 e. The molecule has 0 spiro atoms. The summed E-state index contributed by atoms with van der Waals surface area (Å²) in [6, 6.07) is 6.80. The van der Waals surface area contributed by atoms with Crippen LogP contribution in [-0.4, -0.2) is 18.1 Å². The van der Waals surface area contributed by atoms with Crippen molar-refractivity contribution in [3.63, 3.8) is 0 Å². The molecule has 1 N–H and O–H groups in total. The number of hydrogen-bond donors (Lipinski definition) is 1. The predicted octanol–water partition coefficient (Wildman–Crippen LogP) is 4.89. The second-order valence-electron chi connectivity index (χ2n) is 6.98. The summed E-state index contributed by atoms with van der Waals surface area (Å²) in [4.78, 5) is 22.7. The van der Waals surface area contributed by atoms with E-state index in [0.717, 1.165) is 0 Å². The van der Waals surface area contributed by atoms with Gasteiger partial charge in [0.2, 0.25) is 0 Å². The van der Waals surface area contributed by atoms with Gasteiger partial charge in [0.15, 0.2) is 5.78 Å². The maximum absolute atomic E-state index is 11.9. The van der Waals surface area contributed by atoms with Gasteiger partial charge in [-0.2, -0.15) is 6.92 Å². The molecule has 0 aliphatic carbocycles. The zero-order valence-electron chi connectivity index (χ0n) is 17.3. The van der Waals surface area contributed by atoms with Gasteiger partial charge >= 0.3 is 21.1 Å². The van der Waals surface area contributed by atoms with Crippen molar-refractivity contribution in [2.24, 2.45) is 10.8 Å². The van der Waals surface area contributed by atoms with E-state index in [1.165, 1.54) is 0 Å². The van der Waals surface area contributed by atoms with Crippen LogP contribution >= 0.6 is 0 Å². The van der Waals surface area contributed by atoms with Gasteiger partial charge in [0.25, 0.3) is 1.43 Å². The molecule has 1 aromatic rings. The monoisotopic (exact) mass is 860 g/mol. The predicted molar refractivity (Wildman–Crippen MR) is 92.7 cm³/mol. The summed E-state index contributed by atoms with van der Waals surface area (Å²) in [5.41, 5.74) is -0.168. The van der Waals surface area contributed by atoms with Crippen LogP contribution in [0.2, 0.25) is 0 Å². The minimum atomic E-state index is -0.450. The van der Waals surface area contributed by atoms with Gasteiger partial charge in [-0.3, -0.25) is 4.79 Å². The van der Waals surface area contributed by atoms with Gasteiger partial charge in [-0.25, -0.2) is 0 Å². The third-order valence-electron chi connectivity index (χ3n) is 2.81. The Hall–Kier alpha value is 0.295. The fourth-order valence-electron chi connectivity index (χ4n) is 1.49. The Morgan fingerprint density at radius 1 is 1.00 bits per heavy atom.